The van der Waals surface area contributed by atoms with Crippen molar-refractivity contribution in [2.24, 2.45) is 0 Å². The molecule has 21 heavy (non-hydrogen) atoms. The largest absolute Gasteiger partial charge is 0.370 e. The minimum Gasteiger partial charge on any atom is -0.370 e. The van der Waals surface area contributed by atoms with Crippen molar-refractivity contribution in [3.63, 3.8) is 0 Å². The van der Waals surface area contributed by atoms with Crippen molar-refractivity contribution in [3.8, 4) is 0 Å². The summed E-state index contributed by atoms with van der Waals surface area (Å²) in [5.74, 6) is 0. The molecule has 3 heteroatoms. The topological polar surface area (TPSA) is 24.5 Å². The van der Waals surface area contributed by atoms with Crippen LogP contribution in [0, 0.1) is 0 Å². The molecule has 3 nitrogen and oxygen atoms in total. The van der Waals surface area contributed by atoms with Gasteiger partial charge >= 0.3 is 0 Å². The Kier molecular flexibility index (Phi) is 5.58. The molecule has 122 valence electrons. The van der Waals surface area contributed by atoms with Crippen LogP contribution in [0.15, 0.2) is 0 Å². The SMILES string of the molecule is CCCN(CC1CCC2(CCCCC2)O1)C1CCCNC1. The summed E-state index contributed by atoms with van der Waals surface area (Å²) in [6, 6.07) is 0.741. The number of nitrogens with one attached hydrogen (secondary N) is 1. The maximum Gasteiger partial charge on any atom is 0.0710 e. The normalized spacial score (nSPS) is 32.9. The third-order valence-electron chi connectivity index (χ3n) is 5.84. The highest BCUT2D eigenvalue weighted by molar-refractivity contribution is 4.93. The van der Waals surface area contributed by atoms with Gasteiger partial charge in [0, 0.05) is 19.1 Å². The second-order valence-electron chi connectivity index (χ2n) is 7.52. The van der Waals surface area contributed by atoms with Crippen LogP contribution in [-0.2, 0) is 4.74 Å². The lowest BCUT2D eigenvalue weighted by molar-refractivity contribution is -0.0754. The van der Waals surface area contributed by atoms with E-state index in [1.54, 1.807) is 0 Å². The third-order valence-corrected chi connectivity index (χ3v) is 5.84. The summed E-state index contributed by atoms with van der Waals surface area (Å²) >= 11 is 0. The van der Waals surface area contributed by atoms with Gasteiger partial charge in [0.15, 0.2) is 0 Å². The highest BCUT2D eigenvalue weighted by atomic mass is 16.5. The van der Waals surface area contributed by atoms with E-state index in [2.05, 4.69) is 17.1 Å². The molecule has 0 bridgehead atoms. The van der Waals surface area contributed by atoms with Gasteiger partial charge in [0.1, 0.15) is 0 Å². The van der Waals surface area contributed by atoms with E-state index in [4.69, 9.17) is 4.74 Å². The van der Waals surface area contributed by atoms with Gasteiger partial charge in [-0.3, -0.25) is 4.90 Å². The molecule has 0 aromatic heterocycles. The smallest absolute Gasteiger partial charge is 0.0710 e. The molecule has 3 aliphatic rings. The first-order valence-electron chi connectivity index (χ1n) is 9.44. The number of rotatable bonds is 5. The van der Waals surface area contributed by atoms with Crippen LogP contribution in [0.4, 0.5) is 0 Å². The van der Waals surface area contributed by atoms with Gasteiger partial charge in [0.25, 0.3) is 0 Å². The van der Waals surface area contributed by atoms with Gasteiger partial charge in [-0.05, 0) is 58.0 Å². The molecule has 1 saturated carbocycles. The fraction of sp³-hybridized carbons (Fsp3) is 1.00. The molecule has 2 atom stereocenters. The van der Waals surface area contributed by atoms with E-state index in [1.807, 2.05) is 0 Å². The van der Waals surface area contributed by atoms with Crippen molar-refractivity contribution >= 4 is 0 Å². The second-order valence-corrected chi connectivity index (χ2v) is 7.52. The molecule has 0 aromatic carbocycles. The summed E-state index contributed by atoms with van der Waals surface area (Å²) in [6.07, 6.45) is 13.9. The van der Waals surface area contributed by atoms with Crippen LogP contribution in [0.1, 0.15) is 71.1 Å². The van der Waals surface area contributed by atoms with E-state index in [-0.39, 0.29) is 5.60 Å². The lowest BCUT2D eigenvalue weighted by atomic mass is 9.83. The standard InChI is InChI=1S/C18H34N2O/c1-2-13-20(16-7-6-12-19-14-16)15-17-8-11-18(21-17)9-4-3-5-10-18/h16-17,19H,2-15H2,1H3. The van der Waals surface area contributed by atoms with E-state index in [0.29, 0.717) is 6.10 Å². The zero-order valence-corrected chi connectivity index (χ0v) is 13.9. The maximum absolute atomic E-state index is 6.60. The predicted molar refractivity (Wildman–Crippen MR) is 87.7 cm³/mol. The molecule has 3 fully saturated rings. The summed E-state index contributed by atoms with van der Waals surface area (Å²) in [5.41, 5.74) is 0.283. The fourth-order valence-corrected chi connectivity index (χ4v) is 4.70. The highest BCUT2D eigenvalue weighted by Gasteiger charge is 2.41. The van der Waals surface area contributed by atoms with Crippen LogP contribution in [0.3, 0.4) is 0 Å². The molecule has 0 amide bonds. The fourth-order valence-electron chi connectivity index (χ4n) is 4.70. The zero-order valence-electron chi connectivity index (χ0n) is 13.9. The number of ether oxygens (including phenoxy) is 1. The Morgan fingerprint density at radius 1 is 1.10 bits per heavy atom. The Labute approximate surface area is 130 Å². The van der Waals surface area contributed by atoms with Crippen LogP contribution >= 0.6 is 0 Å². The van der Waals surface area contributed by atoms with Crippen molar-refractivity contribution in [2.75, 3.05) is 26.2 Å². The molecule has 2 heterocycles. The lowest BCUT2D eigenvalue weighted by Crippen LogP contribution is -2.49. The van der Waals surface area contributed by atoms with Gasteiger partial charge in [-0.15, -0.1) is 0 Å². The zero-order chi connectivity index (χ0) is 14.5. The number of piperidine rings is 1. The Hall–Kier alpha value is -0.120. The molecule has 3 rings (SSSR count). The van der Waals surface area contributed by atoms with Crippen LogP contribution in [0.25, 0.3) is 0 Å². The van der Waals surface area contributed by atoms with Crippen LogP contribution < -0.4 is 5.32 Å². The van der Waals surface area contributed by atoms with Crippen molar-refractivity contribution in [3.05, 3.63) is 0 Å². The van der Waals surface area contributed by atoms with Crippen molar-refractivity contribution in [2.45, 2.75) is 88.9 Å². The van der Waals surface area contributed by atoms with Crippen molar-refractivity contribution in [1.29, 1.82) is 0 Å². The Morgan fingerprint density at radius 2 is 1.95 bits per heavy atom. The molecule has 1 spiro atoms. The van der Waals surface area contributed by atoms with Gasteiger partial charge in [-0.1, -0.05) is 26.2 Å². The highest BCUT2D eigenvalue weighted by Crippen LogP contribution is 2.42. The molecular formula is C18H34N2O. The van der Waals surface area contributed by atoms with Crippen LogP contribution in [0.2, 0.25) is 0 Å². The van der Waals surface area contributed by atoms with Gasteiger partial charge in [0.05, 0.1) is 11.7 Å². The van der Waals surface area contributed by atoms with E-state index in [9.17, 15) is 0 Å². The third kappa shape index (κ3) is 4.00. The molecule has 2 saturated heterocycles. The molecule has 2 aliphatic heterocycles. The molecule has 2 unspecified atom stereocenters. The maximum atomic E-state index is 6.60. The molecular weight excluding hydrogens is 260 g/mol. The predicted octanol–water partition coefficient (Wildman–Crippen LogP) is 3.33. The van der Waals surface area contributed by atoms with Crippen LogP contribution in [0.5, 0.6) is 0 Å². The number of nitrogens with zero attached hydrogens (tertiary/aromatic N) is 1. The molecule has 1 N–H and O–H groups in total. The second kappa shape index (κ2) is 7.43. The Bertz CT molecular complexity index is 308. The first kappa shape index (κ1) is 15.8. The van der Waals surface area contributed by atoms with E-state index in [0.717, 1.165) is 6.04 Å². The van der Waals surface area contributed by atoms with Gasteiger partial charge in [0.2, 0.25) is 0 Å². The summed E-state index contributed by atoms with van der Waals surface area (Å²) in [7, 11) is 0. The van der Waals surface area contributed by atoms with Crippen molar-refractivity contribution in [1.82, 2.24) is 10.2 Å². The number of hydrogen-bond acceptors (Lipinski definition) is 3. The van der Waals surface area contributed by atoms with E-state index >= 15 is 0 Å². The Morgan fingerprint density at radius 3 is 2.67 bits per heavy atom. The van der Waals surface area contributed by atoms with Gasteiger partial charge in [-0.25, -0.2) is 0 Å². The minimum absolute atomic E-state index is 0.283. The quantitative estimate of drug-likeness (QED) is 0.842. The summed E-state index contributed by atoms with van der Waals surface area (Å²) in [4.78, 5) is 2.72. The summed E-state index contributed by atoms with van der Waals surface area (Å²) in [5, 5.41) is 3.57. The average Bonchev–Trinajstić information content (AvgIpc) is 2.91. The number of hydrogen-bond donors (Lipinski definition) is 1. The first-order chi connectivity index (χ1) is 10.3. The first-order valence-corrected chi connectivity index (χ1v) is 9.44. The van der Waals surface area contributed by atoms with Gasteiger partial charge in [-0.2, -0.15) is 0 Å². The summed E-state index contributed by atoms with van der Waals surface area (Å²) in [6.45, 7) is 7.10. The van der Waals surface area contributed by atoms with E-state index < -0.39 is 0 Å². The average molecular weight is 294 g/mol. The van der Waals surface area contributed by atoms with Crippen LogP contribution in [-0.4, -0.2) is 48.8 Å². The van der Waals surface area contributed by atoms with E-state index in [1.165, 1.54) is 90.4 Å². The van der Waals surface area contributed by atoms with Gasteiger partial charge < -0.3 is 10.1 Å². The lowest BCUT2D eigenvalue weighted by Gasteiger charge is -2.37. The van der Waals surface area contributed by atoms with Crippen molar-refractivity contribution < 1.29 is 4.74 Å². The molecule has 1 aliphatic carbocycles. The molecule has 0 radical (unpaired) electrons. The summed E-state index contributed by atoms with van der Waals surface area (Å²) < 4.78 is 6.60. The monoisotopic (exact) mass is 294 g/mol. The molecule has 0 aromatic rings. The Balaban J connectivity index is 1.53. The minimum atomic E-state index is 0.283.